The number of benzene rings is 2. The summed E-state index contributed by atoms with van der Waals surface area (Å²) in [5.41, 5.74) is 2.89. The zero-order valence-corrected chi connectivity index (χ0v) is 13.6. The number of nitrogens with zero attached hydrogens (tertiary/aromatic N) is 2. The number of para-hydroxylation sites is 1. The molecule has 4 rings (SSSR count). The fourth-order valence-electron chi connectivity index (χ4n) is 2.74. The van der Waals surface area contributed by atoms with Gasteiger partial charge in [0.15, 0.2) is 5.76 Å². The summed E-state index contributed by atoms with van der Waals surface area (Å²) in [6.07, 6.45) is 4.41. The number of rotatable bonds is 5. The zero-order valence-electron chi connectivity index (χ0n) is 13.6. The molecule has 0 spiro atoms. The second-order valence-corrected chi connectivity index (χ2v) is 5.77. The van der Waals surface area contributed by atoms with E-state index in [4.69, 9.17) is 4.42 Å². The summed E-state index contributed by atoms with van der Waals surface area (Å²) < 4.78 is 7.38. The van der Waals surface area contributed by atoms with Gasteiger partial charge in [-0.2, -0.15) is 5.10 Å². The maximum Gasteiger partial charge on any atom is 0.287 e. The molecule has 0 radical (unpaired) electrons. The molecule has 0 aliphatic rings. The van der Waals surface area contributed by atoms with Gasteiger partial charge in [0.1, 0.15) is 5.58 Å². The Morgan fingerprint density at radius 3 is 2.68 bits per heavy atom. The van der Waals surface area contributed by atoms with Crippen LogP contribution in [0.25, 0.3) is 16.7 Å². The van der Waals surface area contributed by atoms with E-state index in [-0.39, 0.29) is 5.91 Å². The standard InChI is InChI=1S/C20H17N3O2/c24-20(19-14-16-4-1-2-5-18(16)25-19)21-12-10-15-6-8-17(9-7-15)23-13-3-11-22-23/h1-9,11,13-14H,10,12H2,(H,21,24). The van der Waals surface area contributed by atoms with Crippen LogP contribution in [0.2, 0.25) is 0 Å². The molecule has 1 amide bonds. The normalized spacial score (nSPS) is 10.9. The van der Waals surface area contributed by atoms with E-state index in [9.17, 15) is 4.79 Å². The number of aromatic nitrogens is 2. The number of carbonyl (C=O) groups is 1. The van der Waals surface area contributed by atoms with Crippen LogP contribution in [0.15, 0.2) is 77.5 Å². The van der Waals surface area contributed by atoms with E-state index >= 15 is 0 Å². The maximum atomic E-state index is 12.2. The SMILES string of the molecule is O=C(NCCc1ccc(-n2cccn2)cc1)c1cc2ccccc2o1. The second kappa shape index (κ2) is 6.65. The molecule has 124 valence electrons. The Kier molecular flexibility index (Phi) is 4.04. The van der Waals surface area contributed by atoms with Gasteiger partial charge in [-0.05, 0) is 42.3 Å². The van der Waals surface area contributed by atoms with Crippen molar-refractivity contribution in [2.45, 2.75) is 6.42 Å². The molecule has 0 aliphatic carbocycles. The zero-order chi connectivity index (χ0) is 17.1. The summed E-state index contributed by atoms with van der Waals surface area (Å²) in [5, 5.41) is 8.03. The molecule has 2 heterocycles. The number of furan rings is 1. The van der Waals surface area contributed by atoms with Crippen molar-refractivity contribution in [1.82, 2.24) is 15.1 Å². The van der Waals surface area contributed by atoms with Gasteiger partial charge in [-0.25, -0.2) is 4.68 Å². The van der Waals surface area contributed by atoms with Gasteiger partial charge in [-0.3, -0.25) is 4.79 Å². The monoisotopic (exact) mass is 331 g/mol. The molecule has 2 aromatic carbocycles. The summed E-state index contributed by atoms with van der Waals surface area (Å²) in [6.45, 7) is 0.553. The van der Waals surface area contributed by atoms with E-state index in [0.29, 0.717) is 12.3 Å². The van der Waals surface area contributed by atoms with Crippen LogP contribution in [0.5, 0.6) is 0 Å². The highest BCUT2D eigenvalue weighted by Gasteiger charge is 2.11. The lowest BCUT2D eigenvalue weighted by Gasteiger charge is -2.05. The number of hydrogen-bond acceptors (Lipinski definition) is 3. The van der Waals surface area contributed by atoms with Crippen LogP contribution in [0, 0.1) is 0 Å². The van der Waals surface area contributed by atoms with Crippen LogP contribution in [0.3, 0.4) is 0 Å². The Bertz CT molecular complexity index is 952. The fraction of sp³-hybridized carbons (Fsp3) is 0.100. The first-order chi connectivity index (χ1) is 12.3. The number of amides is 1. The topological polar surface area (TPSA) is 60.1 Å². The molecule has 5 nitrogen and oxygen atoms in total. The minimum Gasteiger partial charge on any atom is -0.451 e. The number of nitrogens with one attached hydrogen (secondary N) is 1. The van der Waals surface area contributed by atoms with Gasteiger partial charge in [-0.15, -0.1) is 0 Å². The molecule has 2 aromatic heterocycles. The molecule has 0 unspecified atom stereocenters. The highest BCUT2D eigenvalue weighted by Crippen LogP contribution is 2.18. The van der Waals surface area contributed by atoms with Crippen molar-refractivity contribution in [3.8, 4) is 5.69 Å². The Hall–Kier alpha value is -3.34. The average Bonchev–Trinajstić information content (AvgIpc) is 3.32. The van der Waals surface area contributed by atoms with E-state index in [1.54, 1.807) is 12.3 Å². The van der Waals surface area contributed by atoms with Gasteiger partial charge in [0, 0.05) is 24.3 Å². The summed E-state index contributed by atoms with van der Waals surface area (Å²) in [7, 11) is 0. The van der Waals surface area contributed by atoms with E-state index < -0.39 is 0 Å². The molecule has 0 fully saturated rings. The van der Waals surface area contributed by atoms with Gasteiger partial charge in [0.25, 0.3) is 5.91 Å². The Balaban J connectivity index is 1.34. The average molecular weight is 331 g/mol. The first-order valence-electron chi connectivity index (χ1n) is 8.15. The van der Waals surface area contributed by atoms with Crippen LogP contribution in [0.4, 0.5) is 0 Å². The highest BCUT2D eigenvalue weighted by atomic mass is 16.3. The van der Waals surface area contributed by atoms with Gasteiger partial charge in [-0.1, -0.05) is 30.3 Å². The maximum absolute atomic E-state index is 12.2. The molecule has 25 heavy (non-hydrogen) atoms. The summed E-state index contributed by atoms with van der Waals surface area (Å²) in [5.74, 6) is 0.152. The van der Waals surface area contributed by atoms with Crippen LogP contribution < -0.4 is 5.32 Å². The lowest BCUT2D eigenvalue weighted by Crippen LogP contribution is -2.25. The lowest BCUT2D eigenvalue weighted by atomic mass is 10.1. The Morgan fingerprint density at radius 2 is 1.92 bits per heavy atom. The number of hydrogen-bond donors (Lipinski definition) is 1. The Morgan fingerprint density at radius 1 is 1.08 bits per heavy atom. The van der Waals surface area contributed by atoms with Gasteiger partial charge in [0.2, 0.25) is 0 Å². The van der Waals surface area contributed by atoms with Crippen molar-refractivity contribution < 1.29 is 9.21 Å². The van der Waals surface area contributed by atoms with Gasteiger partial charge < -0.3 is 9.73 Å². The number of carbonyl (C=O) groups excluding carboxylic acids is 1. The van der Waals surface area contributed by atoms with Crippen LogP contribution in [-0.2, 0) is 6.42 Å². The predicted molar refractivity (Wildman–Crippen MR) is 95.8 cm³/mol. The molecule has 5 heteroatoms. The van der Waals surface area contributed by atoms with E-state index in [0.717, 1.165) is 28.6 Å². The quantitative estimate of drug-likeness (QED) is 0.608. The third-order valence-electron chi connectivity index (χ3n) is 4.05. The third-order valence-corrected chi connectivity index (χ3v) is 4.05. The number of fused-ring (bicyclic) bond motifs is 1. The smallest absolute Gasteiger partial charge is 0.287 e. The van der Waals surface area contributed by atoms with E-state index in [1.807, 2.05) is 65.5 Å². The molecule has 0 saturated carbocycles. The Labute approximate surface area is 144 Å². The van der Waals surface area contributed by atoms with E-state index in [1.165, 1.54) is 0 Å². The largest absolute Gasteiger partial charge is 0.451 e. The minimum atomic E-state index is -0.190. The van der Waals surface area contributed by atoms with Crippen molar-refractivity contribution >= 4 is 16.9 Å². The highest BCUT2D eigenvalue weighted by molar-refractivity contribution is 5.96. The summed E-state index contributed by atoms with van der Waals surface area (Å²) >= 11 is 0. The fourth-order valence-corrected chi connectivity index (χ4v) is 2.74. The summed E-state index contributed by atoms with van der Waals surface area (Å²) in [4.78, 5) is 12.2. The van der Waals surface area contributed by atoms with Crippen LogP contribution in [-0.4, -0.2) is 22.2 Å². The molecule has 1 N–H and O–H groups in total. The lowest BCUT2D eigenvalue weighted by molar-refractivity contribution is 0.0928. The first kappa shape index (κ1) is 15.2. The van der Waals surface area contributed by atoms with Crippen molar-refractivity contribution in [2.75, 3.05) is 6.54 Å². The van der Waals surface area contributed by atoms with Crippen molar-refractivity contribution in [1.29, 1.82) is 0 Å². The first-order valence-corrected chi connectivity index (χ1v) is 8.15. The van der Waals surface area contributed by atoms with Gasteiger partial charge in [0.05, 0.1) is 5.69 Å². The van der Waals surface area contributed by atoms with Crippen LogP contribution in [0.1, 0.15) is 16.1 Å². The van der Waals surface area contributed by atoms with Gasteiger partial charge >= 0.3 is 0 Å². The van der Waals surface area contributed by atoms with Crippen molar-refractivity contribution in [3.63, 3.8) is 0 Å². The second-order valence-electron chi connectivity index (χ2n) is 5.77. The van der Waals surface area contributed by atoms with Crippen LogP contribution >= 0.6 is 0 Å². The third kappa shape index (κ3) is 3.30. The molecule has 0 atom stereocenters. The molecule has 0 aliphatic heterocycles. The van der Waals surface area contributed by atoms with E-state index in [2.05, 4.69) is 10.4 Å². The molecule has 0 saturated heterocycles. The van der Waals surface area contributed by atoms with Crippen molar-refractivity contribution in [3.05, 3.63) is 84.4 Å². The molecular formula is C20H17N3O2. The molecular weight excluding hydrogens is 314 g/mol. The molecule has 0 bridgehead atoms. The predicted octanol–water partition coefficient (Wildman–Crippen LogP) is 3.59. The minimum absolute atomic E-state index is 0.190. The summed E-state index contributed by atoms with van der Waals surface area (Å²) in [6, 6.07) is 19.4. The molecule has 4 aromatic rings. The van der Waals surface area contributed by atoms with Crippen molar-refractivity contribution in [2.24, 2.45) is 0 Å².